The lowest BCUT2D eigenvalue weighted by atomic mass is 9.73. The molecule has 2 fully saturated rings. The van der Waals surface area contributed by atoms with E-state index >= 15 is 0 Å². The van der Waals surface area contributed by atoms with Crippen molar-refractivity contribution in [3.05, 3.63) is 101 Å². The predicted octanol–water partition coefficient (Wildman–Crippen LogP) is 5.73. The largest absolute Gasteiger partial charge is 0.381 e. The number of carbonyl (C=O) groups is 1. The van der Waals surface area contributed by atoms with Gasteiger partial charge in [0.2, 0.25) is 5.91 Å². The first-order valence-corrected chi connectivity index (χ1v) is 13.0. The lowest BCUT2D eigenvalue weighted by Gasteiger charge is -2.42. The van der Waals surface area contributed by atoms with Crippen LogP contribution in [0, 0.1) is 12.3 Å². The maximum Gasteiger partial charge on any atom is 0.229 e. The summed E-state index contributed by atoms with van der Waals surface area (Å²) in [4.78, 5) is 21.2. The van der Waals surface area contributed by atoms with E-state index in [1.54, 1.807) is 0 Å². The number of benzene rings is 2. The zero-order valence-electron chi connectivity index (χ0n) is 20.8. The Bertz CT molecular complexity index is 1140. The summed E-state index contributed by atoms with van der Waals surface area (Å²) in [5, 5.41) is 0. The van der Waals surface area contributed by atoms with Gasteiger partial charge in [-0.05, 0) is 62.3 Å². The fraction of sp³-hybridized carbons (Fsp3) is 0.419. The van der Waals surface area contributed by atoms with Gasteiger partial charge in [0.05, 0.1) is 5.41 Å². The summed E-state index contributed by atoms with van der Waals surface area (Å²) in [6.45, 7) is 5.06. The molecule has 1 atom stereocenters. The van der Waals surface area contributed by atoms with Crippen molar-refractivity contribution in [2.75, 3.05) is 26.3 Å². The number of piperidine rings is 1. The summed E-state index contributed by atoms with van der Waals surface area (Å²) < 4.78 is 5.68. The summed E-state index contributed by atoms with van der Waals surface area (Å²) >= 11 is 0. The van der Waals surface area contributed by atoms with Crippen molar-refractivity contribution in [1.29, 1.82) is 0 Å². The monoisotopic (exact) mass is 468 g/mol. The molecule has 2 aromatic carbocycles. The van der Waals surface area contributed by atoms with Gasteiger partial charge in [-0.2, -0.15) is 0 Å². The number of likely N-dealkylation sites (tertiary alicyclic amines) is 1. The molecular formula is C31H36N2O2. The van der Waals surface area contributed by atoms with Gasteiger partial charge in [-0.1, -0.05) is 66.2 Å². The van der Waals surface area contributed by atoms with Crippen LogP contribution in [0.1, 0.15) is 59.7 Å². The number of hydrogen-bond donors (Lipinski definition) is 0. The van der Waals surface area contributed by atoms with E-state index in [9.17, 15) is 4.79 Å². The zero-order chi connectivity index (χ0) is 24.1. The Labute approximate surface area is 209 Å². The molecule has 1 aromatic heterocycles. The van der Waals surface area contributed by atoms with Crippen LogP contribution in [0.15, 0.2) is 72.8 Å². The molecule has 2 aliphatic rings. The second-order valence-corrected chi connectivity index (χ2v) is 10.4. The molecule has 3 aromatic rings. The Morgan fingerprint density at radius 2 is 1.77 bits per heavy atom. The third-order valence-corrected chi connectivity index (χ3v) is 7.71. The number of ether oxygens (including phenoxy) is 1. The van der Waals surface area contributed by atoms with Crippen molar-refractivity contribution in [1.82, 2.24) is 9.88 Å². The van der Waals surface area contributed by atoms with Crippen LogP contribution >= 0.6 is 0 Å². The molecule has 3 heterocycles. The maximum atomic E-state index is 14.0. The topological polar surface area (TPSA) is 42.4 Å². The number of aromatic nitrogens is 1. The van der Waals surface area contributed by atoms with Crippen LogP contribution in [0.25, 0.3) is 0 Å². The van der Waals surface area contributed by atoms with Crippen LogP contribution in [0.4, 0.5) is 0 Å². The van der Waals surface area contributed by atoms with Crippen molar-refractivity contribution < 1.29 is 9.53 Å². The summed E-state index contributed by atoms with van der Waals surface area (Å²) in [7, 11) is 0. The molecular weight excluding hydrogens is 432 g/mol. The fourth-order valence-corrected chi connectivity index (χ4v) is 5.81. The van der Waals surface area contributed by atoms with Gasteiger partial charge in [-0.15, -0.1) is 0 Å². The Balaban J connectivity index is 1.32. The van der Waals surface area contributed by atoms with Crippen molar-refractivity contribution in [3.63, 3.8) is 0 Å². The molecule has 2 saturated heterocycles. The molecule has 182 valence electrons. The second-order valence-electron chi connectivity index (χ2n) is 10.4. The highest BCUT2D eigenvalue weighted by atomic mass is 16.5. The van der Waals surface area contributed by atoms with Crippen molar-refractivity contribution in [2.24, 2.45) is 5.41 Å². The molecule has 0 radical (unpaired) electrons. The molecule has 0 aliphatic carbocycles. The van der Waals surface area contributed by atoms with Gasteiger partial charge in [0.25, 0.3) is 0 Å². The first kappa shape index (κ1) is 23.7. The van der Waals surface area contributed by atoms with E-state index in [0.29, 0.717) is 25.0 Å². The summed E-state index contributed by atoms with van der Waals surface area (Å²) in [5.74, 6) is 0.601. The first-order chi connectivity index (χ1) is 17.1. The molecule has 4 nitrogen and oxygen atoms in total. The van der Waals surface area contributed by atoms with Crippen LogP contribution in [0.2, 0.25) is 0 Å². The summed E-state index contributed by atoms with van der Waals surface area (Å²) in [6.07, 6.45) is 5.34. The van der Waals surface area contributed by atoms with Crippen LogP contribution in [0.3, 0.4) is 0 Å². The van der Waals surface area contributed by atoms with Crippen molar-refractivity contribution >= 4 is 5.91 Å². The predicted molar refractivity (Wildman–Crippen MR) is 139 cm³/mol. The second kappa shape index (κ2) is 10.7. The Morgan fingerprint density at radius 3 is 2.57 bits per heavy atom. The van der Waals surface area contributed by atoms with Gasteiger partial charge < -0.3 is 9.64 Å². The van der Waals surface area contributed by atoms with E-state index in [1.807, 2.05) is 6.07 Å². The van der Waals surface area contributed by atoms with Crippen LogP contribution in [-0.2, 0) is 22.4 Å². The molecule has 2 aliphatic heterocycles. The normalized spacial score (nSPS) is 19.9. The number of aryl methyl sites for hydroxylation is 1. The van der Waals surface area contributed by atoms with Crippen LogP contribution in [-0.4, -0.2) is 42.1 Å². The summed E-state index contributed by atoms with van der Waals surface area (Å²) in [5.41, 5.74) is 5.66. The Kier molecular flexibility index (Phi) is 7.29. The van der Waals surface area contributed by atoms with Crippen LogP contribution < -0.4 is 0 Å². The van der Waals surface area contributed by atoms with E-state index in [-0.39, 0.29) is 5.41 Å². The number of pyridine rings is 1. The first-order valence-electron chi connectivity index (χ1n) is 13.0. The van der Waals surface area contributed by atoms with E-state index in [4.69, 9.17) is 9.72 Å². The molecule has 0 spiro atoms. The van der Waals surface area contributed by atoms with Crippen LogP contribution in [0.5, 0.6) is 0 Å². The number of hydrogen-bond acceptors (Lipinski definition) is 3. The molecule has 0 bridgehead atoms. The molecule has 1 amide bonds. The van der Waals surface area contributed by atoms with E-state index in [0.717, 1.165) is 63.0 Å². The molecule has 5 rings (SSSR count). The van der Waals surface area contributed by atoms with Gasteiger partial charge in [0.1, 0.15) is 0 Å². The average Bonchev–Trinajstić information content (AvgIpc) is 2.90. The third-order valence-electron chi connectivity index (χ3n) is 7.71. The number of amides is 1. The molecule has 35 heavy (non-hydrogen) atoms. The minimum absolute atomic E-state index is 0.291. The summed E-state index contributed by atoms with van der Waals surface area (Å²) in [6, 6.07) is 25.5. The smallest absolute Gasteiger partial charge is 0.229 e. The highest BCUT2D eigenvalue weighted by Gasteiger charge is 2.43. The quantitative estimate of drug-likeness (QED) is 0.464. The SMILES string of the molecule is Cc1cccc(Cc2cccc([C@@H]3CCCN(C(=O)C4(Cc5ccccc5)CCOCC4)C3)n2)c1. The molecule has 0 N–H and O–H groups in total. The Morgan fingerprint density at radius 1 is 1.00 bits per heavy atom. The average molecular weight is 469 g/mol. The standard InChI is InChI=1S/C31H36N2O2/c1-24-8-5-11-26(20-24)21-28-13-6-14-29(32-28)27-12-7-17-33(23-27)30(34)31(15-18-35-19-16-31)22-25-9-3-2-4-10-25/h2-6,8-11,13-14,20,27H,7,12,15-19,21-23H2,1H3/t27-/m1/s1. The van der Waals surface area contributed by atoms with Crippen molar-refractivity contribution in [3.8, 4) is 0 Å². The van der Waals surface area contributed by atoms with Gasteiger partial charge in [-0.3, -0.25) is 9.78 Å². The zero-order valence-corrected chi connectivity index (χ0v) is 20.8. The minimum atomic E-state index is -0.359. The highest BCUT2D eigenvalue weighted by molar-refractivity contribution is 5.83. The maximum absolute atomic E-state index is 14.0. The number of nitrogens with zero attached hydrogens (tertiary/aromatic N) is 2. The highest BCUT2D eigenvalue weighted by Crippen LogP contribution is 2.38. The van der Waals surface area contributed by atoms with E-state index in [2.05, 4.69) is 78.6 Å². The van der Waals surface area contributed by atoms with E-state index < -0.39 is 0 Å². The number of carbonyl (C=O) groups excluding carboxylic acids is 1. The Hall–Kier alpha value is -2.98. The van der Waals surface area contributed by atoms with Gasteiger partial charge in [0, 0.05) is 50.0 Å². The fourth-order valence-electron chi connectivity index (χ4n) is 5.81. The number of rotatable bonds is 6. The van der Waals surface area contributed by atoms with Crippen molar-refractivity contribution in [2.45, 2.75) is 51.4 Å². The minimum Gasteiger partial charge on any atom is -0.381 e. The van der Waals surface area contributed by atoms with Gasteiger partial charge in [-0.25, -0.2) is 0 Å². The van der Waals surface area contributed by atoms with Gasteiger partial charge in [0.15, 0.2) is 0 Å². The molecule has 4 heteroatoms. The van der Waals surface area contributed by atoms with Gasteiger partial charge >= 0.3 is 0 Å². The van der Waals surface area contributed by atoms with E-state index in [1.165, 1.54) is 16.7 Å². The lowest BCUT2D eigenvalue weighted by molar-refractivity contribution is -0.149. The molecule has 0 saturated carbocycles. The molecule has 0 unspecified atom stereocenters. The third kappa shape index (κ3) is 5.65. The lowest BCUT2D eigenvalue weighted by Crippen LogP contribution is -2.51.